The molecule has 1 aliphatic rings. The zero-order valence-corrected chi connectivity index (χ0v) is 13.3. The smallest absolute Gasteiger partial charge is 0.317 e. The van der Waals surface area contributed by atoms with E-state index in [0.29, 0.717) is 16.2 Å². The number of rotatable bonds is 6. The maximum absolute atomic E-state index is 11.5. The second-order valence-electron chi connectivity index (χ2n) is 5.56. The lowest BCUT2D eigenvalue weighted by Crippen LogP contribution is -2.47. The molecule has 1 aromatic carbocycles. The minimum atomic E-state index is 0.111. The molecule has 0 aromatic heterocycles. The average molecular weight is 307 g/mol. The van der Waals surface area contributed by atoms with E-state index < -0.39 is 0 Å². The Hall–Kier alpha value is -1.95. The van der Waals surface area contributed by atoms with Gasteiger partial charge in [-0.05, 0) is 19.4 Å². The highest BCUT2D eigenvalue weighted by atomic mass is 16.8. The molecular weight excluding hydrogens is 284 g/mol. The molecule has 1 heterocycles. The summed E-state index contributed by atoms with van der Waals surface area (Å²) in [4.78, 5) is 30.1. The molecule has 0 saturated carbocycles. The summed E-state index contributed by atoms with van der Waals surface area (Å²) >= 11 is 0. The number of carbonyl (C=O) groups is 1. The van der Waals surface area contributed by atoms with Crippen molar-refractivity contribution in [3.8, 4) is 0 Å². The number of hydrogen-bond donors (Lipinski definition) is 0. The van der Waals surface area contributed by atoms with E-state index in [2.05, 4.69) is 16.7 Å². The number of morpholine rings is 1. The molecule has 6 nitrogen and oxygen atoms in total. The van der Waals surface area contributed by atoms with Crippen molar-refractivity contribution in [2.75, 3.05) is 25.1 Å². The third-order valence-electron chi connectivity index (χ3n) is 3.79. The molecule has 1 fully saturated rings. The number of anilines is 1. The Bertz CT molecular complexity index is 547. The van der Waals surface area contributed by atoms with E-state index in [4.69, 9.17) is 4.74 Å². The number of aldehydes is 1. The average Bonchev–Trinajstić information content (AvgIpc) is 2.53. The first-order valence-corrected chi connectivity index (χ1v) is 7.60. The van der Waals surface area contributed by atoms with E-state index in [9.17, 15) is 9.70 Å². The maximum atomic E-state index is 11.5. The van der Waals surface area contributed by atoms with Crippen LogP contribution in [0.15, 0.2) is 18.2 Å². The molecule has 0 radical (unpaired) electrons. The topological polar surface area (TPSA) is 58.8 Å². The highest BCUT2D eigenvalue weighted by Gasteiger charge is 2.27. The van der Waals surface area contributed by atoms with Crippen LogP contribution in [0.25, 0.3) is 0 Å². The lowest BCUT2D eigenvalue weighted by atomic mass is 10.1. The first kappa shape index (κ1) is 16.4. The van der Waals surface area contributed by atoms with Gasteiger partial charge < -0.3 is 9.64 Å². The molecule has 0 unspecified atom stereocenters. The summed E-state index contributed by atoms with van der Waals surface area (Å²) in [5, 5.41) is 0. The maximum Gasteiger partial charge on any atom is 0.317 e. The Morgan fingerprint density at radius 3 is 2.86 bits per heavy atom. The van der Waals surface area contributed by atoms with Gasteiger partial charge in [0.05, 0.1) is 17.1 Å². The normalized spacial score (nSPS) is 21.5. The van der Waals surface area contributed by atoms with Crippen molar-refractivity contribution in [1.82, 2.24) is 0 Å². The summed E-state index contributed by atoms with van der Waals surface area (Å²) in [5.41, 5.74) is 1.62. The quantitative estimate of drug-likeness (QED) is 0.597. The van der Waals surface area contributed by atoms with Gasteiger partial charge >= 0.3 is 5.69 Å². The lowest BCUT2D eigenvalue weighted by molar-refractivity contribution is -0.736. The standard InChI is InChI=1S/C16H23N2O4/c1-4-5-15-10-17(9-12(2)22-15)16-7-6-14(18(20)21-3)8-13(16)11-19/h6-8,11-12,15H,4-5,9-10H2,1-3H3/q+1/t12-,15+/m0/s1. The van der Waals surface area contributed by atoms with E-state index in [0.717, 1.165) is 37.9 Å². The first-order chi connectivity index (χ1) is 10.6. The van der Waals surface area contributed by atoms with Gasteiger partial charge in [0, 0.05) is 36.5 Å². The SMILES string of the molecule is CCC[C@@H]1CN(c2ccc([N+](=O)OC)cc2C=O)C[C@H](C)O1. The van der Waals surface area contributed by atoms with Crippen molar-refractivity contribution in [3.63, 3.8) is 0 Å². The van der Waals surface area contributed by atoms with Crippen LogP contribution in [0.3, 0.4) is 0 Å². The molecule has 22 heavy (non-hydrogen) atoms. The molecule has 2 rings (SSSR count). The Labute approximate surface area is 130 Å². The number of ether oxygens (including phenoxy) is 1. The Morgan fingerprint density at radius 1 is 1.45 bits per heavy atom. The molecule has 0 amide bonds. The van der Waals surface area contributed by atoms with Crippen LogP contribution in [0, 0.1) is 4.91 Å². The van der Waals surface area contributed by atoms with Crippen molar-refractivity contribution in [1.29, 1.82) is 0 Å². The number of nitrogens with zero attached hydrogens (tertiary/aromatic N) is 2. The van der Waals surface area contributed by atoms with Crippen molar-refractivity contribution < 1.29 is 19.3 Å². The van der Waals surface area contributed by atoms with Gasteiger partial charge in [-0.3, -0.25) is 4.79 Å². The van der Waals surface area contributed by atoms with Crippen LogP contribution < -0.4 is 4.90 Å². The third kappa shape index (κ3) is 3.62. The zero-order valence-electron chi connectivity index (χ0n) is 13.3. The van der Waals surface area contributed by atoms with Crippen LogP contribution in [-0.2, 0) is 9.57 Å². The minimum absolute atomic E-state index is 0.111. The summed E-state index contributed by atoms with van der Waals surface area (Å²) < 4.78 is 5.92. The van der Waals surface area contributed by atoms with E-state index in [1.54, 1.807) is 18.2 Å². The molecule has 0 aliphatic carbocycles. The molecule has 2 atom stereocenters. The van der Waals surface area contributed by atoms with Crippen molar-refractivity contribution in [2.45, 2.75) is 38.9 Å². The fourth-order valence-corrected chi connectivity index (χ4v) is 2.87. The Morgan fingerprint density at radius 2 is 2.23 bits per heavy atom. The summed E-state index contributed by atoms with van der Waals surface area (Å²) in [5.74, 6) is 0. The predicted molar refractivity (Wildman–Crippen MR) is 83.6 cm³/mol. The van der Waals surface area contributed by atoms with E-state index in [1.165, 1.54) is 7.11 Å². The number of benzene rings is 1. The second kappa shape index (κ2) is 7.35. The molecule has 1 aromatic rings. The lowest BCUT2D eigenvalue weighted by Gasteiger charge is -2.38. The Kier molecular flexibility index (Phi) is 5.49. The minimum Gasteiger partial charge on any atom is -0.372 e. The van der Waals surface area contributed by atoms with E-state index in [-0.39, 0.29) is 12.2 Å². The number of hydrogen-bond acceptors (Lipinski definition) is 5. The molecule has 0 N–H and O–H groups in total. The monoisotopic (exact) mass is 307 g/mol. The fraction of sp³-hybridized carbons (Fsp3) is 0.562. The third-order valence-corrected chi connectivity index (χ3v) is 3.79. The zero-order chi connectivity index (χ0) is 16.1. The van der Waals surface area contributed by atoms with Crippen LogP contribution in [0.5, 0.6) is 0 Å². The second-order valence-corrected chi connectivity index (χ2v) is 5.56. The van der Waals surface area contributed by atoms with E-state index in [1.807, 2.05) is 6.92 Å². The first-order valence-electron chi connectivity index (χ1n) is 7.60. The molecule has 120 valence electrons. The number of carbonyl (C=O) groups excluding carboxylic acids is 1. The van der Waals surface area contributed by atoms with Crippen LogP contribution in [0.4, 0.5) is 11.4 Å². The summed E-state index contributed by atoms with van der Waals surface area (Å²) in [6, 6.07) is 5.01. The van der Waals surface area contributed by atoms with Gasteiger partial charge in [-0.2, -0.15) is 0 Å². The summed E-state index contributed by atoms with van der Waals surface area (Å²) in [6.45, 7) is 5.65. The van der Waals surface area contributed by atoms with Gasteiger partial charge in [0.1, 0.15) is 0 Å². The molecule has 1 saturated heterocycles. The van der Waals surface area contributed by atoms with Gasteiger partial charge in [0.15, 0.2) is 13.4 Å². The van der Waals surface area contributed by atoms with Crippen LogP contribution in [0.1, 0.15) is 37.0 Å². The molecule has 1 aliphatic heterocycles. The molecule has 6 heteroatoms. The van der Waals surface area contributed by atoms with Gasteiger partial charge in [0.2, 0.25) is 0 Å². The molecule has 0 spiro atoms. The van der Waals surface area contributed by atoms with Crippen LogP contribution in [-0.4, -0.2) is 43.6 Å². The summed E-state index contributed by atoms with van der Waals surface area (Å²) in [7, 11) is 1.29. The van der Waals surface area contributed by atoms with Gasteiger partial charge in [-0.15, -0.1) is 0 Å². The highest BCUT2D eigenvalue weighted by molar-refractivity contribution is 5.86. The molecular formula is C16H23N2O4+. The fourth-order valence-electron chi connectivity index (χ4n) is 2.87. The Balaban J connectivity index is 2.26. The van der Waals surface area contributed by atoms with Crippen molar-refractivity contribution >= 4 is 17.7 Å². The van der Waals surface area contributed by atoms with Crippen LogP contribution >= 0.6 is 0 Å². The largest absolute Gasteiger partial charge is 0.372 e. The van der Waals surface area contributed by atoms with Crippen molar-refractivity contribution in [3.05, 3.63) is 28.7 Å². The van der Waals surface area contributed by atoms with Crippen LogP contribution in [0.2, 0.25) is 0 Å². The van der Waals surface area contributed by atoms with Gasteiger partial charge in [0.25, 0.3) is 4.92 Å². The van der Waals surface area contributed by atoms with Crippen molar-refractivity contribution in [2.24, 2.45) is 0 Å². The van der Waals surface area contributed by atoms with Gasteiger partial charge in [-0.25, -0.2) is 4.84 Å². The van der Waals surface area contributed by atoms with E-state index >= 15 is 0 Å². The molecule has 0 bridgehead atoms. The van der Waals surface area contributed by atoms with Gasteiger partial charge in [-0.1, -0.05) is 13.3 Å². The summed E-state index contributed by atoms with van der Waals surface area (Å²) in [6.07, 6.45) is 3.11. The highest BCUT2D eigenvalue weighted by Crippen LogP contribution is 2.28. The predicted octanol–water partition coefficient (Wildman–Crippen LogP) is 2.86.